The van der Waals surface area contributed by atoms with Crippen molar-refractivity contribution >= 4 is 10.2 Å². The third-order valence-corrected chi connectivity index (χ3v) is 6.67. The molecule has 1 aromatic carbocycles. The summed E-state index contributed by atoms with van der Waals surface area (Å²) in [6, 6.07) is 5.63. The van der Waals surface area contributed by atoms with Crippen LogP contribution >= 0.6 is 0 Å². The van der Waals surface area contributed by atoms with Gasteiger partial charge in [-0.05, 0) is 48.3 Å². The van der Waals surface area contributed by atoms with Crippen LogP contribution in [0.15, 0.2) is 36.7 Å². The summed E-state index contributed by atoms with van der Waals surface area (Å²) < 4.78 is 66.9. The molecule has 1 saturated heterocycles. The molecule has 0 amide bonds. The van der Waals surface area contributed by atoms with E-state index in [4.69, 9.17) is 5.14 Å². The number of benzene rings is 1. The summed E-state index contributed by atoms with van der Waals surface area (Å²) >= 11 is 0. The predicted molar refractivity (Wildman–Crippen MR) is 94.0 cm³/mol. The van der Waals surface area contributed by atoms with Gasteiger partial charge in [0.2, 0.25) is 0 Å². The second-order valence-corrected chi connectivity index (χ2v) is 8.87. The molecule has 2 aliphatic rings. The first-order valence-corrected chi connectivity index (χ1v) is 10.2. The van der Waals surface area contributed by atoms with Gasteiger partial charge < -0.3 is 4.74 Å². The summed E-state index contributed by atoms with van der Waals surface area (Å²) in [5.41, 5.74) is 1.51. The van der Waals surface area contributed by atoms with Gasteiger partial charge in [-0.15, -0.1) is 13.2 Å². The van der Waals surface area contributed by atoms with Crippen molar-refractivity contribution in [2.24, 2.45) is 10.6 Å². The number of nitrogens with two attached hydrogens (primary N) is 1. The van der Waals surface area contributed by atoms with Crippen LogP contribution in [0.2, 0.25) is 0 Å². The topological polar surface area (TPSA) is 90.5 Å². The number of rotatable bonds is 4. The molecule has 0 bridgehead atoms. The van der Waals surface area contributed by atoms with Gasteiger partial charge in [0, 0.05) is 25.4 Å². The van der Waals surface area contributed by atoms with E-state index in [2.05, 4.69) is 9.84 Å². The molecule has 1 aliphatic heterocycles. The predicted octanol–water partition coefficient (Wildman–Crippen LogP) is 2.54. The molecule has 0 unspecified atom stereocenters. The Bertz CT molecular complexity index is 982. The van der Waals surface area contributed by atoms with E-state index in [0.717, 1.165) is 24.8 Å². The monoisotopic (exact) mass is 416 g/mol. The molecule has 2 N–H and O–H groups in total. The maximum Gasteiger partial charge on any atom is 0.573 e. The summed E-state index contributed by atoms with van der Waals surface area (Å²) in [4.78, 5) is 0. The summed E-state index contributed by atoms with van der Waals surface area (Å²) in [6.07, 6.45) is 1.16. The van der Waals surface area contributed by atoms with E-state index in [1.54, 1.807) is 18.5 Å². The lowest BCUT2D eigenvalue weighted by atomic mass is 9.90. The highest BCUT2D eigenvalue weighted by Gasteiger charge is 2.56. The van der Waals surface area contributed by atoms with Crippen molar-refractivity contribution in [3.8, 4) is 11.4 Å². The van der Waals surface area contributed by atoms with Crippen molar-refractivity contribution in [1.82, 2.24) is 14.1 Å². The zero-order chi connectivity index (χ0) is 20.2. The van der Waals surface area contributed by atoms with Gasteiger partial charge >= 0.3 is 6.36 Å². The van der Waals surface area contributed by atoms with E-state index in [-0.39, 0.29) is 17.1 Å². The van der Waals surface area contributed by atoms with Gasteiger partial charge in [0.25, 0.3) is 10.2 Å². The summed E-state index contributed by atoms with van der Waals surface area (Å²) in [6.45, 7) is 0.806. The van der Waals surface area contributed by atoms with Crippen LogP contribution in [-0.4, -0.2) is 42.0 Å². The third kappa shape index (κ3) is 3.87. The van der Waals surface area contributed by atoms with E-state index in [1.165, 1.54) is 27.2 Å². The van der Waals surface area contributed by atoms with Crippen LogP contribution in [-0.2, 0) is 10.2 Å². The maximum absolute atomic E-state index is 12.4. The molecule has 1 saturated carbocycles. The van der Waals surface area contributed by atoms with Crippen molar-refractivity contribution in [3.63, 3.8) is 0 Å². The summed E-state index contributed by atoms with van der Waals surface area (Å²) in [7, 11) is -3.65. The smallest absolute Gasteiger partial charge is 0.406 e. The molecule has 2 heterocycles. The minimum atomic E-state index is -4.75. The first kappa shape index (κ1) is 19.2. The molecular weight excluding hydrogens is 397 g/mol. The molecule has 2 fully saturated rings. The Hall–Kier alpha value is -2.11. The zero-order valence-corrected chi connectivity index (χ0v) is 15.6. The largest absolute Gasteiger partial charge is 0.573 e. The number of nitrogens with zero attached hydrogens (tertiary/aromatic N) is 3. The molecule has 1 aromatic heterocycles. The normalized spacial score (nSPS) is 22.4. The fourth-order valence-electron chi connectivity index (χ4n) is 4.04. The van der Waals surface area contributed by atoms with E-state index >= 15 is 0 Å². The number of alkyl halides is 3. The molecule has 1 aliphatic carbocycles. The van der Waals surface area contributed by atoms with E-state index in [1.807, 2.05) is 0 Å². The zero-order valence-electron chi connectivity index (χ0n) is 14.8. The fourth-order valence-corrected chi connectivity index (χ4v) is 4.73. The van der Waals surface area contributed by atoms with Gasteiger partial charge in [0.15, 0.2) is 0 Å². The SMILES string of the molecule is NS(=O)(=O)N1CCC2(CC1)C[C@H]2c1cnn(-c2cccc(OC(F)(F)F)c2)c1. The van der Waals surface area contributed by atoms with Crippen LogP contribution in [0.4, 0.5) is 13.2 Å². The van der Waals surface area contributed by atoms with Crippen LogP contribution < -0.4 is 9.88 Å². The second-order valence-electron chi connectivity index (χ2n) is 7.33. The van der Waals surface area contributed by atoms with Gasteiger partial charge in [-0.2, -0.15) is 17.8 Å². The van der Waals surface area contributed by atoms with E-state index in [9.17, 15) is 21.6 Å². The molecule has 4 rings (SSSR count). The molecule has 1 atom stereocenters. The quantitative estimate of drug-likeness (QED) is 0.829. The molecule has 152 valence electrons. The number of hydrogen-bond donors (Lipinski definition) is 1. The van der Waals surface area contributed by atoms with Crippen LogP contribution in [0.1, 0.15) is 30.7 Å². The first-order chi connectivity index (χ1) is 13.1. The van der Waals surface area contributed by atoms with Gasteiger partial charge in [-0.3, -0.25) is 0 Å². The summed E-state index contributed by atoms with van der Waals surface area (Å²) in [5.74, 6) is -0.0428. The molecule has 28 heavy (non-hydrogen) atoms. The van der Waals surface area contributed by atoms with Crippen molar-refractivity contribution in [2.75, 3.05) is 13.1 Å². The molecule has 2 aromatic rings. The number of halogens is 3. The molecule has 7 nitrogen and oxygen atoms in total. The number of ether oxygens (including phenoxy) is 1. The Labute approximate surface area is 160 Å². The highest BCUT2D eigenvalue weighted by molar-refractivity contribution is 7.86. The van der Waals surface area contributed by atoms with Crippen LogP contribution in [0.5, 0.6) is 5.75 Å². The molecule has 1 spiro atoms. The van der Waals surface area contributed by atoms with Crippen molar-refractivity contribution in [3.05, 3.63) is 42.2 Å². The Balaban J connectivity index is 1.46. The van der Waals surface area contributed by atoms with Gasteiger partial charge in [-0.1, -0.05) is 6.07 Å². The Kier molecular flexibility index (Phi) is 4.43. The lowest BCUT2D eigenvalue weighted by Crippen LogP contribution is -2.42. The average molecular weight is 416 g/mol. The Morgan fingerprint density at radius 2 is 1.96 bits per heavy atom. The van der Waals surface area contributed by atoms with Crippen LogP contribution in [0.25, 0.3) is 5.69 Å². The summed E-state index contributed by atoms with van der Waals surface area (Å²) in [5, 5.41) is 9.46. The number of hydrogen-bond acceptors (Lipinski definition) is 4. The van der Waals surface area contributed by atoms with Crippen LogP contribution in [0, 0.1) is 5.41 Å². The minimum Gasteiger partial charge on any atom is -0.406 e. The third-order valence-electron chi connectivity index (χ3n) is 5.59. The Morgan fingerprint density at radius 1 is 1.25 bits per heavy atom. The number of piperidine rings is 1. The first-order valence-electron chi connectivity index (χ1n) is 8.74. The van der Waals surface area contributed by atoms with Gasteiger partial charge in [0.05, 0.1) is 11.9 Å². The van der Waals surface area contributed by atoms with E-state index in [0.29, 0.717) is 18.8 Å². The Morgan fingerprint density at radius 3 is 2.61 bits per heavy atom. The minimum absolute atomic E-state index is 0.0519. The van der Waals surface area contributed by atoms with Crippen molar-refractivity contribution in [1.29, 1.82) is 0 Å². The average Bonchev–Trinajstić information content (AvgIpc) is 3.06. The van der Waals surface area contributed by atoms with Crippen LogP contribution in [0.3, 0.4) is 0 Å². The standard InChI is InChI=1S/C17H19F3N4O3S/c18-17(19,20)27-14-3-1-2-13(8-14)24-11-12(10-22-24)15-9-16(15)4-6-23(7-5-16)28(21,25)26/h1-3,8,10-11,15H,4-7,9H2,(H2,21,25,26)/t15-/m0/s1. The lowest BCUT2D eigenvalue weighted by Gasteiger charge is -2.30. The van der Waals surface area contributed by atoms with Crippen molar-refractivity contribution in [2.45, 2.75) is 31.5 Å². The molecule has 11 heteroatoms. The molecule has 0 radical (unpaired) electrons. The number of aromatic nitrogens is 2. The van der Waals surface area contributed by atoms with E-state index < -0.39 is 16.6 Å². The second kappa shape index (κ2) is 6.46. The highest BCUT2D eigenvalue weighted by atomic mass is 32.2. The van der Waals surface area contributed by atoms with Gasteiger partial charge in [0.1, 0.15) is 5.75 Å². The van der Waals surface area contributed by atoms with Crippen molar-refractivity contribution < 1.29 is 26.3 Å². The lowest BCUT2D eigenvalue weighted by molar-refractivity contribution is -0.274. The molecular formula is C17H19F3N4O3S. The maximum atomic E-state index is 12.4. The van der Waals surface area contributed by atoms with Gasteiger partial charge in [-0.25, -0.2) is 9.82 Å². The fraction of sp³-hybridized carbons (Fsp3) is 0.471. The highest BCUT2D eigenvalue weighted by Crippen LogP contribution is 2.64.